The Morgan fingerprint density at radius 1 is 1.15 bits per heavy atom. The van der Waals surface area contributed by atoms with Gasteiger partial charge in [0.15, 0.2) is 5.69 Å². The summed E-state index contributed by atoms with van der Waals surface area (Å²) in [6.07, 6.45) is 7.72. The monoisotopic (exact) mass is 468 g/mol. The van der Waals surface area contributed by atoms with Crippen LogP contribution < -0.4 is 15.5 Å². The summed E-state index contributed by atoms with van der Waals surface area (Å²) in [5, 5.41) is 6.27. The molecule has 2 bridgehead atoms. The van der Waals surface area contributed by atoms with Gasteiger partial charge < -0.3 is 20.0 Å². The molecule has 3 aliphatic carbocycles. The minimum absolute atomic E-state index is 0.282. The molecule has 2 N–H and O–H groups in total. The fourth-order valence-corrected chi connectivity index (χ4v) is 6.16. The summed E-state index contributed by atoms with van der Waals surface area (Å²) < 4.78 is 21.0. The van der Waals surface area contributed by atoms with Crippen LogP contribution in [0.1, 0.15) is 81.1 Å². The molecule has 0 atom stereocenters. The molecule has 34 heavy (non-hydrogen) atoms. The van der Waals surface area contributed by atoms with E-state index in [9.17, 15) is 4.79 Å². The molecule has 3 saturated carbocycles. The van der Waals surface area contributed by atoms with Crippen molar-refractivity contribution in [3.8, 4) is 0 Å². The van der Waals surface area contributed by atoms with Gasteiger partial charge in [0, 0.05) is 36.7 Å². The van der Waals surface area contributed by atoms with E-state index in [-0.39, 0.29) is 17.4 Å². The van der Waals surface area contributed by atoms with E-state index in [1.165, 1.54) is 18.9 Å². The van der Waals surface area contributed by atoms with Crippen LogP contribution in [0.15, 0.2) is 16.5 Å². The average Bonchev–Trinajstić information content (AvgIpc) is 3.20. The number of fused-ring (bicyclic) bond motifs is 2. The van der Waals surface area contributed by atoms with E-state index in [2.05, 4.69) is 34.4 Å². The standard InChI is InChI=1S/C27H37FN4O2/c1-5-22-24(31-26(34-22)32-14-27(6-2,7-3)15-32)25(33)30-19-8-16(4)23(21(28)13-19)29-20-11-17-9-18(10-17)12-20/h8,13,17-18,20,29H,5-7,9-12,14-15H2,1-4H3,(H,30,33). The normalized spacial score (nSPS) is 24.9. The first-order chi connectivity index (χ1) is 16.3. The number of halogens is 1. The summed E-state index contributed by atoms with van der Waals surface area (Å²) in [6.45, 7) is 10.0. The van der Waals surface area contributed by atoms with Gasteiger partial charge in [-0.3, -0.25) is 4.79 Å². The van der Waals surface area contributed by atoms with E-state index in [0.29, 0.717) is 41.0 Å². The quantitative estimate of drug-likeness (QED) is 0.485. The number of nitrogens with one attached hydrogen (secondary N) is 2. The van der Waals surface area contributed by atoms with Crippen LogP contribution in [-0.2, 0) is 6.42 Å². The number of carbonyl (C=O) groups excluding carboxylic acids is 1. The van der Waals surface area contributed by atoms with E-state index in [4.69, 9.17) is 4.42 Å². The fraction of sp³-hybridized carbons (Fsp3) is 0.630. The maximum atomic E-state index is 15.0. The third-order valence-electron chi connectivity index (χ3n) is 8.51. The minimum atomic E-state index is -0.364. The summed E-state index contributed by atoms with van der Waals surface area (Å²) in [4.78, 5) is 19.7. The number of amides is 1. The second kappa shape index (κ2) is 8.90. The zero-order valence-electron chi connectivity index (χ0n) is 20.8. The second-order valence-electron chi connectivity index (χ2n) is 10.8. The highest BCUT2D eigenvalue weighted by atomic mass is 19.1. The molecule has 7 heteroatoms. The van der Waals surface area contributed by atoms with Crippen LogP contribution in [0.4, 0.5) is 21.8 Å². The highest BCUT2D eigenvalue weighted by Gasteiger charge is 2.42. The molecular weight excluding hydrogens is 431 g/mol. The molecule has 0 unspecified atom stereocenters. The van der Waals surface area contributed by atoms with Crippen molar-refractivity contribution in [2.45, 2.75) is 78.7 Å². The van der Waals surface area contributed by atoms with E-state index in [0.717, 1.165) is 56.2 Å². The number of benzene rings is 1. The zero-order valence-corrected chi connectivity index (χ0v) is 20.8. The van der Waals surface area contributed by atoms with Crippen molar-refractivity contribution in [3.05, 3.63) is 35.0 Å². The van der Waals surface area contributed by atoms with Gasteiger partial charge >= 0.3 is 0 Å². The second-order valence-corrected chi connectivity index (χ2v) is 10.8. The van der Waals surface area contributed by atoms with Crippen LogP contribution in [0.3, 0.4) is 0 Å². The predicted octanol–water partition coefficient (Wildman–Crippen LogP) is 6.16. The lowest BCUT2D eigenvalue weighted by Gasteiger charge is -2.48. The van der Waals surface area contributed by atoms with E-state index in [1.807, 2.05) is 19.9 Å². The predicted molar refractivity (Wildman–Crippen MR) is 133 cm³/mol. The molecule has 0 radical (unpaired) electrons. The number of rotatable bonds is 8. The highest BCUT2D eigenvalue weighted by molar-refractivity contribution is 6.04. The van der Waals surface area contributed by atoms with Gasteiger partial charge in [0.05, 0.1) is 5.69 Å². The Bertz CT molecular complexity index is 1030. The number of aromatic nitrogens is 1. The zero-order chi connectivity index (χ0) is 24.0. The lowest BCUT2D eigenvalue weighted by atomic mass is 9.63. The molecule has 4 aliphatic rings. The molecule has 2 aromatic rings. The SMILES string of the molecule is CCc1oc(N2CC(CC)(CC)C2)nc1C(=O)Nc1cc(C)c(NC2CC3CC(C3)C2)c(F)c1. The molecule has 1 amide bonds. The maximum absolute atomic E-state index is 15.0. The third kappa shape index (κ3) is 4.18. The van der Waals surface area contributed by atoms with Crippen LogP contribution in [-0.4, -0.2) is 30.0 Å². The highest BCUT2D eigenvalue weighted by Crippen LogP contribution is 2.46. The molecule has 6 rings (SSSR count). The molecule has 1 saturated heterocycles. The van der Waals surface area contributed by atoms with Crippen LogP contribution in [0.25, 0.3) is 0 Å². The van der Waals surface area contributed by atoms with Crippen molar-refractivity contribution in [2.75, 3.05) is 28.6 Å². The first-order valence-electron chi connectivity index (χ1n) is 13.0. The van der Waals surface area contributed by atoms with Crippen molar-refractivity contribution in [3.63, 3.8) is 0 Å². The van der Waals surface area contributed by atoms with E-state index < -0.39 is 0 Å². The summed E-state index contributed by atoms with van der Waals surface area (Å²) in [5.74, 6) is 1.47. The number of aryl methyl sites for hydroxylation is 2. The van der Waals surface area contributed by atoms with Crippen LogP contribution >= 0.6 is 0 Å². The smallest absolute Gasteiger partial charge is 0.298 e. The first kappa shape index (κ1) is 23.2. The van der Waals surface area contributed by atoms with Crippen molar-refractivity contribution in [1.82, 2.24) is 4.98 Å². The summed E-state index contributed by atoms with van der Waals surface area (Å²) in [5.41, 5.74) is 2.37. The van der Waals surface area contributed by atoms with Crippen LogP contribution in [0.5, 0.6) is 0 Å². The lowest BCUT2D eigenvalue weighted by Crippen LogP contribution is -2.56. The van der Waals surface area contributed by atoms with Gasteiger partial charge in [-0.25, -0.2) is 4.39 Å². The Labute approximate surface area is 201 Å². The number of hydrogen-bond donors (Lipinski definition) is 2. The third-order valence-corrected chi connectivity index (χ3v) is 8.51. The molecule has 184 valence electrons. The van der Waals surface area contributed by atoms with Crippen molar-refractivity contribution >= 4 is 23.3 Å². The average molecular weight is 469 g/mol. The number of oxazole rings is 1. The fourth-order valence-electron chi connectivity index (χ4n) is 6.16. The van der Waals surface area contributed by atoms with Crippen LogP contribution in [0.2, 0.25) is 0 Å². The molecule has 1 aromatic carbocycles. The Balaban J connectivity index is 1.27. The van der Waals surface area contributed by atoms with Gasteiger partial charge in [-0.15, -0.1) is 0 Å². The van der Waals surface area contributed by atoms with Crippen molar-refractivity contribution < 1.29 is 13.6 Å². The summed E-state index contributed by atoms with van der Waals surface area (Å²) >= 11 is 0. The van der Waals surface area contributed by atoms with Crippen LogP contribution in [0, 0.1) is 30.0 Å². The van der Waals surface area contributed by atoms with Gasteiger partial charge in [-0.2, -0.15) is 4.98 Å². The van der Waals surface area contributed by atoms with Gasteiger partial charge in [-0.1, -0.05) is 20.8 Å². The topological polar surface area (TPSA) is 70.4 Å². The molecular formula is C27H37FN4O2. The summed E-state index contributed by atoms with van der Waals surface area (Å²) in [6, 6.07) is 4.07. The van der Waals surface area contributed by atoms with Gasteiger partial charge in [0.25, 0.3) is 11.9 Å². The first-order valence-corrected chi connectivity index (χ1v) is 13.0. The van der Waals surface area contributed by atoms with Gasteiger partial charge in [0.2, 0.25) is 0 Å². The Hall–Kier alpha value is -2.57. The molecule has 6 nitrogen and oxygen atoms in total. The molecule has 1 aromatic heterocycles. The maximum Gasteiger partial charge on any atom is 0.298 e. The van der Waals surface area contributed by atoms with Crippen molar-refractivity contribution in [1.29, 1.82) is 0 Å². The Kier molecular flexibility index (Phi) is 6.07. The van der Waals surface area contributed by atoms with E-state index >= 15 is 4.39 Å². The minimum Gasteiger partial charge on any atom is -0.428 e. The molecule has 0 spiro atoms. The number of carbonyl (C=O) groups is 1. The van der Waals surface area contributed by atoms with Crippen molar-refractivity contribution in [2.24, 2.45) is 17.3 Å². The molecule has 4 fully saturated rings. The van der Waals surface area contributed by atoms with Gasteiger partial charge in [0.1, 0.15) is 11.6 Å². The van der Waals surface area contributed by atoms with E-state index in [1.54, 1.807) is 0 Å². The summed E-state index contributed by atoms with van der Waals surface area (Å²) in [7, 11) is 0. The molecule has 2 heterocycles. The number of anilines is 3. The Morgan fingerprint density at radius 2 is 1.82 bits per heavy atom. The lowest BCUT2D eigenvalue weighted by molar-refractivity contribution is 0.102. The largest absolute Gasteiger partial charge is 0.428 e. The Morgan fingerprint density at radius 3 is 2.41 bits per heavy atom. The molecule has 1 aliphatic heterocycles. The van der Waals surface area contributed by atoms with Gasteiger partial charge in [-0.05, 0) is 75.0 Å². The number of nitrogens with zero attached hydrogens (tertiary/aromatic N) is 2. The number of hydrogen-bond acceptors (Lipinski definition) is 5.